The maximum Gasteiger partial charge on any atom is 0.226 e. The van der Waals surface area contributed by atoms with Crippen LogP contribution in [-0.2, 0) is 4.79 Å². The summed E-state index contributed by atoms with van der Waals surface area (Å²) >= 11 is 0. The van der Waals surface area contributed by atoms with Gasteiger partial charge < -0.3 is 4.90 Å². The topological polar surface area (TPSA) is 20.3 Å². The van der Waals surface area contributed by atoms with Crippen LogP contribution in [0.3, 0.4) is 0 Å². The Morgan fingerprint density at radius 2 is 1.81 bits per heavy atom. The summed E-state index contributed by atoms with van der Waals surface area (Å²) in [4.78, 5) is 13.5. The Balaban J connectivity index is 4.08. The van der Waals surface area contributed by atoms with E-state index in [1.807, 2.05) is 30.9 Å². The summed E-state index contributed by atoms with van der Waals surface area (Å²) in [5.41, 5.74) is 0. The lowest BCUT2D eigenvalue weighted by Crippen LogP contribution is -2.29. The van der Waals surface area contributed by atoms with Crippen molar-refractivity contribution in [2.45, 2.75) is 34.1 Å². The first-order valence-electron chi connectivity index (χ1n) is 6.13. The molecule has 0 aromatic carbocycles. The third-order valence-corrected chi connectivity index (χ3v) is 3.05. The van der Waals surface area contributed by atoms with Gasteiger partial charge in [-0.1, -0.05) is 32.1 Å². The predicted molar refractivity (Wildman–Crippen MR) is 70.2 cm³/mol. The van der Waals surface area contributed by atoms with Crippen molar-refractivity contribution in [1.82, 2.24) is 4.90 Å². The van der Waals surface area contributed by atoms with E-state index < -0.39 is 0 Å². The Kier molecular flexibility index (Phi) is 7.61. The molecule has 2 heteroatoms. The first kappa shape index (κ1) is 14.9. The monoisotopic (exact) mass is 223 g/mol. The van der Waals surface area contributed by atoms with Crippen molar-refractivity contribution in [3.63, 3.8) is 0 Å². The van der Waals surface area contributed by atoms with Gasteiger partial charge in [0.1, 0.15) is 0 Å². The molecule has 92 valence electrons. The minimum atomic E-state index is 0.208. The minimum Gasteiger partial charge on any atom is -0.343 e. The second kappa shape index (κ2) is 8.14. The summed E-state index contributed by atoms with van der Waals surface area (Å²) in [5.74, 6) is 1.11. The molecule has 0 saturated heterocycles. The zero-order valence-electron chi connectivity index (χ0n) is 11.1. The van der Waals surface area contributed by atoms with Gasteiger partial charge in [-0.15, -0.1) is 6.58 Å². The van der Waals surface area contributed by atoms with Gasteiger partial charge >= 0.3 is 0 Å². The molecule has 0 saturated carbocycles. The van der Waals surface area contributed by atoms with Crippen LogP contribution in [0.25, 0.3) is 0 Å². The summed E-state index contributed by atoms with van der Waals surface area (Å²) in [6.07, 6.45) is 6.54. The Morgan fingerprint density at radius 3 is 2.25 bits per heavy atom. The van der Waals surface area contributed by atoms with Crippen molar-refractivity contribution in [3.8, 4) is 0 Å². The molecule has 0 aromatic heterocycles. The number of hydrogen-bond acceptors (Lipinski definition) is 1. The zero-order valence-corrected chi connectivity index (χ0v) is 11.1. The van der Waals surface area contributed by atoms with Crippen LogP contribution in [0.4, 0.5) is 0 Å². The number of nitrogens with zero attached hydrogens (tertiary/aromatic N) is 1. The summed E-state index contributed by atoms with van der Waals surface area (Å²) < 4.78 is 0. The molecule has 0 aromatic rings. The zero-order chi connectivity index (χ0) is 12.6. The second-order valence-corrected chi connectivity index (χ2v) is 4.15. The molecule has 0 aliphatic carbocycles. The fraction of sp³-hybridized carbons (Fsp3) is 0.643. The van der Waals surface area contributed by atoms with Crippen LogP contribution in [0.1, 0.15) is 34.1 Å². The average Bonchev–Trinajstić information content (AvgIpc) is 2.29. The molecule has 0 rings (SSSR count). The van der Waals surface area contributed by atoms with Crippen molar-refractivity contribution in [2.75, 3.05) is 13.1 Å². The van der Waals surface area contributed by atoms with Crippen LogP contribution >= 0.6 is 0 Å². The first-order chi connectivity index (χ1) is 7.56. The van der Waals surface area contributed by atoms with Crippen LogP contribution < -0.4 is 0 Å². The van der Waals surface area contributed by atoms with Crippen LogP contribution in [0.15, 0.2) is 24.8 Å². The highest BCUT2D eigenvalue weighted by atomic mass is 16.2. The molecular weight excluding hydrogens is 198 g/mol. The van der Waals surface area contributed by atoms with E-state index in [2.05, 4.69) is 26.5 Å². The Bertz CT molecular complexity index is 241. The van der Waals surface area contributed by atoms with Crippen molar-refractivity contribution < 1.29 is 4.79 Å². The molecule has 16 heavy (non-hydrogen) atoms. The highest BCUT2D eigenvalue weighted by Gasteiger charge is 2.08. The fourth-order valence-electron chi connectivity index (χ4n) is 1.48. The van der Waals surface area contributed by atoms with E-state index in [9.17, 15) is 4.79 Å². The minimum absolute atomic E-state index is 0.208. The van der Waals surface area contributed by atoms with Crippen LogP contribution in [0, 0.1) is 11.8 Å². The molecular formula is C14H25NO. The van der Waals surface area contributed by atoms with E-state index >= 15 is 0 Å². The number of allylic oxidation sites excluding steroid dienone is 2. The van der Waals surface area contributed by atoms with Gasteiger partial charge in [0.2, 0.25) is 5.91 Å². The lowest BCUT2D eigenvalue weighted by atomic mass is 9.95. The van der Waals surface area contributed by atoms with Gasteiger partial charge in [-0.2, -0.15) is 0 Å². The molecule has 0 radical (unpaired) electrons. The number of rotatable bonds is 7. The molecule has 0 aliphatic rings. The highest BCUT2D eigenvalue weighted by molar-refractivity contribution is 5.77. The normalized spacial score (nSPS) is 14.8. The standard InChI is InChI=1S/C14H25NO/c1-6-12(4)13(5)10-9-11-14(16)15(7-2)8-3/h6,9-10,12-13H,1,7-8,11H2,2-5H3. The number of amides is 1. The molecule has 1 amide bonds. The molecule has 2 unspecified atom stereocenters. The van der Waals surface area contributed by atoms with Gasteiger partial charge in [-0.25, -0.2) is 0 Å². The maximum atomic E-state index is 11.7. The Labute approximate surface area is 100 Å². The lowest BCUT2D eigenvalue weighted by Gasteiger charge is -2.17. The molecule has 0 heterocycles. The van der Waals surface area contributed by atoms with E-state index in [0.29, 0.717) is 18.3 Å². The predicted octanol–water partition coefficient (Wildman–Crippen LogP) is 3.26. The van der Waals surface area contributed by atoms with Gasteiger partial charge in [0.05, 0.1) is 0 Å². The molecule has 0 bridgehead atoms. The molecule has 0 N–H and O–H groups in total. The molecule has 0 spiro atoms. The van der Waals surface area contributed by atoms with Crippen LogP contribution in [0.2, 0.25) is 0 Å². The number of hydrogen-bond donors (Lipinski definition) is 0. The van der Waals surface area contributed by atoms with Crippen molar-refractivity contribution in [2.24, 2.45) is 11.8 Å². The summed E-state index contributed by atoms with van der Waals surface area (Å²) in [6.45, 7) is 13.6. The van der Waals surface area contributed by atoms with Crippen molar-refractivity contribution in [3.05, 3.63) is 24.8 Å². The molecule has 2 atom stereocenters. The Morgan fingerprint density at radius 1 is 1.25 bits per heavy atom. The summed E-state index contributed by atoms with van der Waals surface area (Å²) in [6, 6.07) is 0. The van der Waals surface area contributed by atoms with Gasteiger partial charge in [0.25, 0.3) is 0 Å². The largest absolute Gasteiger partial charge is 0.343 e. The van der Waals surface area contributed by atoms with Crippen LogP contribution in [0.5, 0.6) is 0 Å². The first-order valence-corrected chi connectivity index (χ1v) is 6.13. The molecule has 0 fully saturated rings. The van der Waals surface area contributed by atoms with Gasteiger partial charge in [-0.3, -0.25) is 4.79 Å². The highest BCUT2D eigenvalue weighted by Crippen LogP contribution is 2.13. The average molecular weight is 223 g/mol. The SMILES string of the molecule is C=CC(C)C(C)C=CCC(=O)N(CC)CC. The molecule has 2 nitrogen and oxygen atoms in total. The Hall–Kier alpha value is -1.05. The third kappa shape index (κ3) is 5.15. The summed E-state index contributed by atoms with van der Waals surface area (Å²) in [7, 11) is 0. The van der Waals surface area contributed by atoms with Gasteiger partial charge in [-0.05, 0) is 25.7 Å². The number of carbonyl (C=O) groups excluding carboxylic acids is 1. The van der Waals surface area contributed by atoms with Gasteiger partial charge in [0, 0.05) is 19.5 Å². The number of carbonyl (C=O) groups is 1. The second-order valence-electron chi connectivity index (χ2n) is 4.15. The van der Waals surface area contributed by atoms with Crippen molar-refractivity contribution in [1.29, 1.82) is 0 Å². The van der Waals surface area contributed by atoms with Gasteiger partial charge in [0.15, 0.2) is 0 Å². The smallest absolute Gasteiger partial charge is 0.226 e. The van der Waals surface area contributed by atoms with Crippen LogP contribution in [-0.4, -0.2) is 23.9 Å². The third-order valence-electron chi connectivity index (χ3n) is 3.05. The maximum absolute atomic E-state index is 11.7. The van der Waals surface area contributed by atoms with E-state index in [0.717, 1.165) is 13.1 Å². The van der Waals surface area contributed by atoms with E-state index in [1.165, 1.54) is 0 Å². The quantitative estimate of drug-likeness (QED) is 0.607. The molecule has 0 aliphatic heterocycles. The summed E-state index contributed by atoms with van der Waals surface area (Å²) in [5, 5.41) is 0. The lowest BCUT2D eigenvalue weighted by molar-refractivity contribution is -0.129. The van der Waals surface area contributed by atoms with E-state index in [1.54, 1.807) is 0 Å². The fourth-order valence-corrected chi connectivity index (χ4v) is 1.48. The van der Waals surface area contributed by atoms with Crippen molar-refractivity contribution >= 4 is 5.91 Å². The van der Waals surface area contributed by atoms with E-state index in [-0.39, 0.29) is 5.91 Å². The van der Waals surface area contributed by atoms with E-state index in [4.69, 9.17) is 0 Å².